The molecule has 0 aliphatic heterocycles. The fraction of sp³-hybridized carbons (Fsp3) is 0. The number of rotatable bonds is 2. The topological polar surface area (TPSA) is 75.4 Å². The van der Waals surface area contributed by atoms with Gasteiger partial charge in [-0.25, -0.2) is 0 Å². The van der Waals surface area contributed by atoms with Gasteiger partial charge in [0.2, 0.25) is 0 Å². The van der Waals surface area contributed by atoms with Gasteiger partial charge in [0.15, 0.2) is 0 Å². The Balaban J connectivity index is 2.16. The number of hydrogen-bond acceptors (Lipinski definition) is 3. The van der Waals surface area contributed by atoms with Crippen molar-refractivity contribution < 1.29 is 9.90 Å². The standard InChI is InChI=1S/C13H11BrN2O2/c14-11-7-8(1-6-12(11)15)13(18)16-9-2-4-10(17)5-3-9/h1-7,17H,15H2,(H,16,18). The van der Waals surface area contributed by atoms with Gasteiger partial charge in [-0.1, -0.05) is 0 Å². The van der Waals surface area contributed by atoms with Crippen molar-refractivity contribution in [1.29, 1.82) is 0 Å². The summed E-state index contributed by atoms with van der Waals surface area (Å²) in [5.41, 5.74) is 7.35. The summed E-state index contributed by atoms with van der Waals surface area (Å²) in [6, 6.07) is 11.2. The zero-order chi connectivity index (χ0) is 13.1. The average molecular weight is 307 g/mol. The first-order valence-electron chi connectivity index (χ1n) is 5.21. The number of amides is 1. The molecule has 0 spiro atoms. The molecule has 5 heteroatoms. The summed E-state index contributed by atoms with van der Waals surface area (Å²) in [4.78, 5) is 11.9. The minimum Gasteiger partial charge on any atom is -0.508 e. The van der Waals surface area contributed by atoms with Gasteiger partial charge in [0, 0.05) is 21.4 Å². The van der Waals surface area contributed by atoms with Crippen molar-refractivity contribution >= 4 is 33.2 Å². The molecule has 0 aromatic heterocycles. The molecule has 2 aromatic carbocycles. The van der Waals surface area contributed by atoms with E-state index in [1.807, 2.05) is 0 Å². The predicted molar refractivity (Wildman–Crippen MR) is 74.6 cm³/mol. The number of nitrogens with one attached hydrogen (secondary N) is 1. The molecule has 4 N–H and O–H groups in total. The Bertz CT molecular complexity index is 582. The third kappa shape index (κ3) is 2.81. The van der Waals surface area contributed by atoms with E-state index in [-0.39, 0.29) is 11.7 Å². The van der Waals surface area contributed by atoms with E-state index >= 15 is 0 Å². The number of carbonyl (C=O) groups excluding carboxylic acids is 1. The number of benzene rings is 2. The first kappa shape index (κ1) is 12.4. The van der Waals surface area contributed by atoms with E-state index in [4.69, 9.17) is 10.8 Å². The van der Waals surface area contributed by atoms with Crippen LogP contribution in [0.2, 0.25) is 0 Å². The molecule has 0 saturated heterocycles. The minimum absolute atomic E-state index is 0.156. The third-order valence-corrected chi connectivity index (χ3v) is 3.07. The summed E-state index contributed by atoms with van der Waals surface area (Å²) < 4.78 is 0.681. The Morgan fingerprint density at radius 2 is 1.83 bits per heavy atom. The second-order valence-electron chi connectivity index (χ2n) is 3.74. The third-order valence-electron chi connectivity index (χ3n) is 2.39. The maximum Gasteiger partial charge on any atom is 0.255 e. The first-order chi connectivity index (χ1) is 8.56. The van der Waals surface area contributed by atoms with Crippen LogP contribution in [0.5, 0.6) is 5.75 Å². The lowest BCUT2D eigenvalue weighted by Gasteiger charge is -2.06. The van der Waals surface area contributed by atoms with E-state index in [0.29, 0.717) is 21.4 Å². The minimum atomic E-state index is -0.235. The molecule has 18 heavy (non-hydrogen) atoms. The zero-order valence-corrected chi connectivity index (χ0v) is 10.9. The van der Waals surface area contributed by atoms with E-state index < -0.39 is 0 Å². The quantitative estimate of drug-likeness (QED) is 0.590. The van der Waals surface area contributed by atoms with Crippen LogP contribution >= 0.6 is 15.9 Å². The van der Waals surface area contributed by atoms with Crippen LogP contribution in [0, 0.1) is 0 Å². The molecule has 2 rings (SSSR count). The zero-order valence-electron chi connectivity index (χ0n) is 9.35. The van der Waals surface area contributed by atoms with Crippen molar-refractivity contribution in [3.63, 3.8) is 0 Å². The molecule has 0 heterocycles. The maximum atomic E-state index is 11.9. The molecule has 92 valence electrons. The highest BCUT2D eigenvalue weighted by atomic mass is 79.9. The van der Waals surface area contributed by atoms with Crippen LogP contribution in [-0.4, -0.2) is 11.0 Å². The molecular formula is C13H11BrN2O2. The highest BCUT2D eigenvalue weighted by Gasteiger charge is 2.07. The van der Waals surface area contributed by atoms with E-state index in [1.165, 1.54) is 12.1 Å². The van der Waals surface area contributed by atoms with Gasteiger partial charge in [0.05, 0.1) is 0 Å². The van der Waals surface area contributed by atoms with E-state index in [2.05, 4.69) is 21.2 Å². The number of anilines is 2. The lowest BCUT2D eigenvalue weighted by Crippen LogP contribution is -2.11. The smallest absolute Gasteiger partial charge is 0.255 e. The fourth-order valence-corrected chi connectivity index (χ4v) is 1.80. The summed E-state index contributed by atoms with van der Waals surface area (Å²) in [7, 11) is 0. The van der Waals surface area contributed by atoms with E-state index in [9.17, 15) is 4.79 Å². The average Bonchev–Trinajstić information content (AvgIpc) is 2.35. The van der Waals surface area contributed by atoms with Crippen molar-refractivity contribution in [2.24, 2.45) is 0 Å². The normalized spacial score (nSPS) is 10.1. The van der Waals surface area contributed by atoms with Crippen LogP contribution in [0.4, 0.5) is 11.4 Å². The summed E-state index contributed by atoms with van der Waals surface area (Å²) in [5, 5.41) is 11.9. The van der Waals surface area contributed by atoms with Gasteiger partial charge in [0.25, 0.3) is 5.91 Å². The van der Waals surface area contributed by atoms with Crippen LogP contribution in [-0.2, 0) is 0 Å². The van der Waals surface area contributed by atoms with Crippen LogP contribution in [0.25, 0.3) is 0 Å². The van der Waals surface area contributed by atoms with Gasteiger partial charge in [-0.15, -0.1) is 0 Å². The number of phenolic OH excluding ortho intramolecular Hbond substituents is 1. The van der Waals surface area contributed by atoms with Crippen molar-refractivity contribution in [1.82, 2.24) is 0 Å². The highest BCUT2D eigenvalue weighted by molar-refractivity contribution is 9.10. The molecular weight excluding hydrogens is 296 g/mol. The van der Waals surface area contributed by atoms with Crippen molar-refractivity contribution in [2.75, 3.05) is 11.1 Å². The number of nitrogens with two attached hydrogens (primary N) is 1. The Morgan fingerprint density at radius 3 is 2.44 bits per heavy atom. The predicted octanol–water partition coefficient (Wildman–Crippen LogP) is 2.99. The largest absolute Gasteiger partial charge is 0.508 e. The van der Waals surface area contributed by atoms with Crippen LogP contribution in [0.1, 0.15) is 10.4 Å². The molecule has 0 aliphatic carbocycles. The Hall–Kier alpha value is -2.01. The monoisotopic (exact) mass is 306 g/mol. The van der Waals surface area contributed by atoms with Crippen LogP contribution in [0.3, 0.4) is 0 Å². The number of phenols is 1. The summed E-state index contributed by atoms with van der Waals surface area (Å²) in [6.45, 7) is 0. The number of halogens is 1. The molecule has 0 saturated carbocycles. The molecule has 4 nitrogen and oxygen atoms in total. The molecule has 0 aliphatic rings. The molecule has 0 fully saturated rings. The van der Waals surface area contributed by atoms with Gasteiger partial charge < -0.3 is 16.2 Å². The van der Waals surface area contributed by atoms with Gasteiger partial charge >= 0.3 is 0 Å². The van der Waals surface area contributed by atoms with Gasteiger partial charge in [-0.3, -0.25) is 4.79 Å². The molecule has 0 unspecified atom stereocenters. The van der Waals surface area contributed by atoms with E-state index in [1.54, 1.807) is 30.3 Å². The van der Waals surface area contributed by atoms with Gasteiger partial charge in [-0.2, -0.15) is 0 Å². The second-order valence-corrected chi connectivity index (χ2v) is 4.59. The molecule has 0 atom stereocenters. The Morgan fingerprint density at radius 1 is 1.17 bits per heavy atom. The summed E-state index contributed by atoms with van der Waals surface area (Å²) >= 11 is 3.27. The molecule has 2 aromatic rings. The fourth-order valence-electron chi connectivity index (χ4n) is 1.42. The molecule has 1 amide bonds. The maximum absolute atomic E-state index is 11.9. The number of hydrogen-bond donors (Lipinski definition) is 3. The van der Waals surface area contributed by atoms with Crippen LogP contribution in [0.15, 0.2) is 46.9 Å². The number of aromatic hydroxyl groups is 1. The van der Waals surface area contributed by atoms with Crippen molar-refractivity contribution in [3.05, 3.63) is 52.5 Å². The first-order valence-corrected chi connectivity index (χ1v) is 6.01. The van der Waals surface area contributed by atoms with Crippen LogP contribution < -0.4 is 11.1 Å². The van der Waals surface area contributed by atoms with E-state index in [0.717, 1.165) is 0 Å². The van der Waals surface area contributed by atoms with Gasteiger partial charge in [-0.05, 0) is 58.4 Å². The van der Waals surface area contributed by atoms with Crippen molar-refractivity contribution in [3.8, 4) is 5.75 Å². The Kier molecular flexibility index (Phi) is 3.53. The number of carbonyl (C=O) groups is 1. The number of nitrogen functional groups attached to an aromatic ring is 1. The molecule has 0 bridgehead atoms. The Labute approximate surface area is 113 Å². The summed E-state index contributed by atoms with van der Waals surface area (Å²) in [6.07, 6.45) is 0. The van der Waals surface area contributed by atoms with Crippen molar-refractivity contribution in [2.45, 2.75) is 0 Å². The summed E-state index contributed by atoms with van der Waals surface area (Å²) in [5.74, 6) is -0.0791. The SMILES string of the molecule is Nc1ccc(C(=O)Nc2ccc(O)cc2)cc1Br. The second kappa shape index (κ2) is 5.10. The lowest BCUT2D eigenvalue weighted by molar-refractivity contribution is 0.102. The lowest BCUT2D eigenvalue weighted by atomic mass is 10.2. The highest BCUT2D eigenvalue weighted by Crippen LogP contribution is 2.21. The molecule has 0 radical (unpaired) electrons. The van der Waals surface area contributed by atoms with Gasteiger partial charge in [0.1, 0.15) is 5.75 Å².